The SMILES string of the molecule is CC(C)NC(=O)CSc1nnc(C[C@H]2CCS(=O)(=O)C2)o1. The Morgan fingerprint density at radius 3 is 2.86 bits per heavy atom. The van der Waals surface area contributed by atoms with E-state index in [9.17, 15) is 13.2 Å². The lowest BCUT2D eigenvalue weighted by molar-refractivity contribution is -0.119. The number of thioether (sulfide) groups is 1. The molecule has 1 amide bonds. The lowest BCUT2D eigenvalue weighted by Gasteiger charge is -2.06. The Hall–Kier alpha value is -1.09. The van der Waals surface area contributed by atoms with Crippen molar-refractivity contribution < 1.29 is 17.6 Å². The van der Waals surface area contributed by atoms with Crippen LogP contribution in [0.5, 0.6) is 0 Å². The maximum absolute atomic E-state index is 11.5. The van der Waals surface area contributed by atoms with E-state index in [-0.39, 0.29) is 35.1 Å². The predicted molar refractivity (Wildman–Crippen MR) is 78.8 cm³/mol. The first-order valence-electron chi connectivity index (χ1n) is 6.79. The van der Waals surface area contributed by atoms with Gasteiger partial charge in [-0.15, -0.1) is 10.2 Å². The molecule has 1 aliphatic rings. The van der Waals surface area contributed by atoms with Gasteiger partial charge in [0, 0.05) is 12.5 Å². The van der Waals surface area contributed by atoms with Gasteiger partial charge in [0.25, 0.3) is 5.22 Å². The predicted octanol–water partition coefficient (Wildman–Crippen LogP) is 0.664. The van der Waals surface area contributed by atoms with Crippen molar-refractivity contribution in [1.29, 1.82) is 0 Å². The summed E-state index contributed by atoms with van der Waals surface area (Å²) in [6, 6.07) is 0.0978. The maximum atomic E-state index is 11.5. The molecular formula is C12H19N3O4S2. The van der Waals surface area contributed by atoms with Crippen LogP contribution in [0.15, 0.2) is 9.64 Å². The number of amides is 1. The third-order valence-corrected chi connectivity index (χ3v) is 5.67. The van der Waals surface area contributed by atoms with Crippen molar-refractivity contribution in [3.8, 4) is 0 Å². The maximum Gasteiger partial charge on any atom is 0.277 e. The molecule has 0 aliphatic carbocycles. The van der Waals surface area contributed by atoms with Crippen LogP contribution in [0.1, 0.15) is 26.2 Å². The minimum atomic E-state index is -2.89. The molecule has 1 N–H and O–H groups in total. The monoisotopic (exact) mass is 333 g/mol. The molecule has 1 aromatic rings. The molecule has 0 unspecified atom stereocenters. The summed E-state index contributed by atoms with van der Waals surface area (Å²) < 4.78 is 28.2. The molecular weight excluding hydrogens is 314 g/mol. The van der Waals surface area contributed by atoms with Crippen molar-refractivity contribution in [3.63, 3.8) is 0 Å². The van der Waals surface area contributed by atoms with E-state index in [4.69, 9.17) is 4.42 Å². The zero-order valence-electron chi connectivity index (χ0n) is 12.0. The van der Waals surface area contributed by atoms with Crippen LogP contribution in [-0.4, -0.2) is 47.8 Å². The first-order chi connectivity index (χ1) is 9.84. The van der Waals surface area contributed by atoms with Gasteiger partial charge in [-0.1, -0.05) is 11.8 Å². The number of sulfone groups is 1. The first-order valence-corrected chi connectivity index (χ1v) is 9.60. The van der Waals surface area contributed by atoms with Crippen molar-refractivity contribution >= 4 is 27.5 Å². The number of hydrogen-bond acceptors (Lipinski definition) is 7. The fraction of sp³-hybridized carbons (Fsp3) is 0.750. The highest BCUT2D eigenvalue weighted by atomic mass is 32.2. The van der Waals surface area contributed by atoms with Crippen molar-refractivity contribution in [2.24, 2.45) is 5.92 Å². The summed E-state index contributed by atoms with van der Waals surface area (Å²) in [7, 11) is -2.89. The zero-order valence-corrected chi connectivity index (χ0v) is 13.7. The lowest BCUT2D eigenvalue weighted by atomic mass is 10.1. The lowest BCUT2D eigenvalue weighted by Crippen LogP contribution is -2.31. The van der Waals surface area contributed by atoms with E-state index < -0.39 is 9.84 Å². The molecule has 1 aromatic heterocycles. The van der Waals surface area contributed by atoms with E-state index in [2.05, 4.69) is 15.5 Å². The molecule has 0 bridgehead atoms. The van der Waals surface area contributed by atoms with Gasteiger partial charge in [0.15, 0.2) is 9.84 Å². The smallest absolute Gasteiger partial charge is 0.277 e. The highest BCUT2D eigenvalue weighted by Gasteiger charge is 2.29. The van der Waals surface area contributed by atoms with Crippen molar-refractivity contribution in [2.45, 2.75) is 38.0 Å². The number of aromatic nitrogens is 2. The second-order valence-electron chi connectivity index (χ2n) is 5.45. The first kappa shape index (κ1) is 16.3. The van der Waals surface area contributed by atoms with E-state index in [1.165, 1.54) is 11.8 Å². The quantitative estimate of drug-likeness (QED) is 0.763. The van der Waals surface area contributed by atoms with Crippen LogP contribution in [-0.2, 0) is 21.1 Å². The van der Waals surface area contributed by atoms with Crippen LogP contribution in [0.25, 0.3) is 0 Å². The standard InChI is InChI=1S/C12H19N3O4S2/c1-8(2)13-10(16)6-20-12-15-14-11(19-12)5-9-3-4-21(17,18)7-9/h8-9H,3-7H2,1-2H3,(H,13,16)/t9-/m1/s1. The number of carbonyl (C=O) groups is 1. The topological polar surface area (TPSA) is 102 Å². The Labute approximate surface area is 128 Å². The Morgan fingerprint density at radius 2 is 2.24 bits per heavy atom. The van der Waals surface area contributed by atoms with Gasteiger partial charge in [-0.3, -0.25) is 4.79 Å². The number of rotatable bonds is 6. The van der Waals surface area contributed by atoms with Crippen molar-refractivity contribution in [3.05, 3.63) is 5.89 Å². The molecule has 1 fully saturated rings. The van der Waals surface area contributed by atoms with Gasteiger partial charge in [-0.25, -0.2) is 8.42 Å². The number of carbonyl (C=O) groups excluding carboxylic acids is 1. The van der Waals surface area contributed by atoms with Crippen LogP contribution < -0.4 is 5.32 Å². The Kier molecular flexibility index (Phi) is 5.26. The minimum absolute atomic E-state index is 0.0533. The van der Waals surface area contributed by atoms with Crippen LogP contribution in [0.3, 0.4) is 0 Å². The Balaban J connectivity index is 1.80. The fourth-order valence-electron chi connectivity index (χ4n) is 2.15. The molecule has 118 valence electrons. The molecule has 7 nitrogen and oxygen atoms in total. The van der Waals surface area contributed by atoms with Crippen molar-refractivity contribution in [2.75, 3.05) is 17.3 Å². The molecule has 9 heteroatoms. The normalized spacial score (nSPS) is 20.8. The summed E-state index contributed by atoms with van der Waals surface area (Å²) in [6.07, 6.45) is 1.12. The second kappa shape index (κ2) is 6.78. The van der Waals surface area contributed by atoms with Gasteiger partial charge >= 0.3 is 0 Å². The highest BCUT2D eigenvalue weighted by molar-refractivity contribution is 7.99. The van der Waals surface area contributed by atoms with E-state index in [1.807, 2.05) is 13.8 Å². The van der Waals surface area contributed by atoms with Gasteiger partial charge in [-0.05, 0) is 26.2 Å². The summed E-state index contributed by atoms with van der Waals surface area (Å²) in [5.74, 6) is 1.05. The average Bonchev–Trinajstić information content (AvgIpc) is 2.93. The number of nitrogens with one attached hydrogen (secondary N) is 1. The zero-order chi connectivity index (χ0) is 15.5. The number of hydrogen-bond donors (Lipinski definition) is 1. The van der Waals surface area contributed by atoms with Gasteiger partial charge in [0.2, 0.25) is 11.8 Å². The van der Waals surface area contributed by atoms with Gasteiger partial charge in [0.05, 0.1) is 17.3 Å². The molecule has 0 radical (unpaired) electrons. The highest BCUT2D eigenvalue weighted by Crippen LogP contribution is 2.23. The van der Waals surface area contributed by atoms with Crippen LogP contribution in [0.4, 0.5) is 0 Å². The molecule has 2 heterocycles. The Morgan fingerprint density at radius 1 is 1.48 bits per heavy atom. The Bertz CT molecular complexity index is 597. The third-order valence-electron chi connectivity index (χ3n) is 3.01. The van der Waals surface area contributed by atoms with Crippen molar-refractivity contribution in [1.82, 2.24) is 15.5 Å². The molecule has 1 saturated heterocycles. The van der Waals surface area contributed by atoms with Gasteiger partial charge in [-0.2, -0.15) is 0 Å². The molecule has 0 saturated carbocycles. The summed E-state index contributed by atoms with van der Waals surface area (Å²) in [5.41, 5.74) is 0. The van der Waals surface area contributed by atoms with E-state index in [0.717, 1.165) is 0 Å². The van der Waals surface area contributed by atoms with E-state index in [1.54, 1.807) is 0 Å². The average molecular weight is 333 g/mol. The minimum Gasteiger partial charge on any atom is -0.416 e. The largest absolute Gasteiger partial charge is 0.416 e. The van der Waals surface area contributed by atoms with Crippen LogP contribution >= 0.6 is 11.8 Å². The summed E-state index contributed by atoms with van der Waals surface area (Å²) in [5, 5.41) is 10.9. The molecule has 0 spiro atoms. The summed E-state index contributed by atoms with van der Waals surface area (Å²) >= 11 is 1.18. The number of nitrogens with zero attached hydrogens (tertiary/aromatic N) is 2. The molecule has 21 heavy (non-hydrogen) atoms. The second-order valence-corrected chi connectivity index (χ2v) is 8.60. The summed E-state index contributed by atoms with van der Waals surface area (Å²) in [4.78, 5) is 11.5. The molecule has 0 aromatic carbocycles. The van der Waals surface area contributed by atoms with Gasteiger partial charge < -0.3 is 9.73 Å². The molecule has 2 rings (SSSR count). The van der Waals surface area contributed by atoms with E-state index >= 15 is 0 Å². The van der Waals surface area contributed by atoms with E-state index in [0.29, 0.717) is 24.0 Å². The van der Waals surface area contributed by atoms with Crippen LogP contribution in [0.2, 0.25) is 0 Å². The van der Waals surface area contributed by atoms with Gasteiger partial charge in [0.1, 0.15) is 0 Å². The van der Waals surface area contributed by atoms with Crippen LogP contribution in [0, 0.1) is 5.92 Å². The molecule has 1 aliphatic heterocycles. The summed E-state index contributed by atoms with van der Waals surface area (Å²) in [6.45, 7) is 3.78. The third kappa shape index (κ3) is 5.31. The molecule has 1 atom stereocenters. The fourth-order valence-corrected chi connectivity index (χ4v) is 4.60.